The highest BCUT2D eigenvalue weighted by molar-refractivity contribution is 7.98. The van der Waals surface area contributed by atoms with Gasteiger partial charge in [0.1, 0.15) is 0 Å². The number of hydrogen-bond donors (Lipinski definition) is 1. The molecule has 0 heterocycles. The molecule has 6 heteroatoms. The van der Waals surface area contributed by atoms with E-state index in [9.17, 15) is 13.2 Å². The van der Waals surface area contributed by atoms with E-state index in [-0.39, 0.29) is 10.8 Å². The first-order valence-electron chi connectivity index (χ1n) is 9.64. The minimum atomic E-state index is -3.23. The van der Waals surface area contributed by atoms with Gasteiger partial charge in [0.25, 0.3) is 5.91 Å². The largest absolute Gasteiger partial charge is 0.348 e. The first kappa shape index (κ1) is 22.7. The molecule has 3 rings (SSSR count). The molecule has 0 aliphatic heterocycles. The highest BCUT2D eigenvalue weighted by Gasteiger charge is 2.08. The topological polar surface area (TPSA) is 63.2 Å². The molecule has 4 nitrogen and oxygen atoms in total. The number of amides is 1. The van der Waals surface area contributed by atoms with Gasteiger partial charge >= 0.3 is 0 Å². The zero-order chi connectivity index (χ0) is 22.3. The lowest BCUT2D eigenvalue weighted by atomic mass is 10.1. The second kappa shape index (κ2) is 10.3. The molecule has 3 aromatic rings. The fourth-order valence-electron chi connectivity index (χ4n) is 2.87. The third-order valence-corrected chi connectivity index (χ3v) is 6.49. The molecule has 0 fully saturated rings. The Morgan fingerprint density at radius 3 is 2.29 bits per heavy atom. The maximum atomic E-state index is 12.5. The Balaban J connectivity index is 1.59. The lowest BCUT2D eigenvalue weighted by molar-refractivity contribution is 0.0951. The molecule has 0 bridgehead atoms. The highest BCUT2D eigenvalue weighted by atomic mass is 32.2. The zero-order valence-electron chi connectivity index (χ0n) is 17.4. The second-order valence-electron chi connectivity index (χ2n) is 7.01. The van der Waals surface area contributed by atoms with Crippen molar-refractivity contribution < 1.29 is 13.2 Å². The van der Waals surface area contributed by atoms with Gasteiger partial charge in [-0.05, 0) is 59.8 Å². The van der Waals surface area contributed by atoms with Crippen LogP contribution in [0.1, 0.15) is 27.0 Å². The Bertz CT molecular complexity index is 1220. The SMILES string of the molecule is CSc1ccc(CC#Cc2cccc(C(=O)NCc3ccc(S(C)(=O)=O)cc3)c2)cc1. The standard InChI is InChI=1S/C25H23NO3S2/c1-30-23-13-9-19(10-14-23)5-3-6-20-7-4-8-22(17-20)25(27)26-18-21-11-15-24(16-12-21)31(2,28)29/h4,7-17H,5,18H2,1-2H3,(H,26,27). The van der Waals surface area contributed by atoms with Crippen LogP contribution in [0.2, 0.25) is 0 Å². The summed E-state index contributed by atoms with van der Waals surface area (Å²) >= 11 is 1.71. The van der Waals surface area contributed by atoms with Crippen molar-refractivity contribution in [2.24, 2.45) is 0 Å². The number of sulfone groups is 1. The molecular weight excluding hydrogens is 426 g/mol. The molecular formula is C25H23NO3S2. The van der Waals surface area contributed by atoms with Crippen molar-refractivity contribution in [2.45, 2.75) is 22.8 Å². The van der Waals surface area contributed by atoms with E-state index in [1.54, 1.807) is 48.2 Å². The molecule has 0 aliphatic carbocycles. The molecule has 0 aliphatic rings. The van der Waals surface area contributed by atoms with Gasteiger partial charge in [-0.2, -0.15) is 0 Å². The lowest BCUT2D eigenvalue weighted by Crippen LogP contribution is -2.22. The van der Waals surface area contributed by atoms with Crippen molar-refractivity contribution in [3.63, 3.8) is 0 Å². The maximum Gasteiger partial charge on any atom is 0.251 e. The van der Waals surface area contributed by atoms with E-state index in [0.717, 1.165) is 16.7 Å². The van der Waals surface area contributed by atoms with Crippen LogP contribution >= 0.6 is 11.8 Å². The Kier molecular flexibility index (Phi) is 7.56. The molecule has 3 aromatic carbocycles. The molecule has 0 aromatic heterocycles. The minimum Gasteiger partial charge on any atom is -0.348 e. The Labute approximate surface area is 188 Å². The minimum absolute atomic E-state index is 0.205. The van der Waals surface area contributed by atoms with Crippen LogP contribution in [0.25, 0.3) is 0 Å². The van der Waals surface area contributed by atoms with E-state index >= 15 is 0 Å². The van der Waals surface area contributed by atoms with Crippen molar-refractivity contribution >= 4 is 27.5 Å². The van der Waals surface area contributed by atoms with Crippen molar-refractivity contribution in [1.82, 2.24) is 5.32 Å². The van der Waals surface area contributed by atoms with Crippen LogP contribution in [-0.2, 0) is 22.8 Å². The number of benzene rings is 3. The monoisotopic (exact) mass is 449 g/mol. The van der Waals surface area contributed by atoms with E-state index in [1.165, 1.54) is 11.2 Å². The Morgan fingerprint density at radius 2 is 1.65 bits per heavy atom. The number of rotatable bonds is 6. The second-order valence-corrected chi connectivity index (χ2v) is 9.90. The van der Waals surface area contributed by atoms with Gasteiger partial charge < -0.3 is 5.32 Å². The smallest absolute Gasteiger partial charge is 0.251 e. The molecule has 0 spiro atoms. The summed E-state index contributed by atoms with van der Waals surface area (Å²) in [5, 5.41) is 2.85. The summed E-state index contributed by atoms with van der Waals surface area (Å²) in [6.45, 7) is 0.310. The van der Waals surface area contributed by atoms with Crippen molar-refractivity contribution in [3.05, 3.63) is 95.1 Å². The number of hydrogen-bond acceptors (Lipinski definition) is 4. The number of thioether (sulfide) groups is 1. The van der Waals surface area contributed by atoms with Gasteiger partial charge in [0, 0.05) is 35.2 Å². The molecule has 0 unspecified atom stereocenters. The maximum absolute atomic E-state index is 12.5. The molecule has 0 saturated carbocycles. The average molecular weight is 450 g/mol. The Hall–Kier alpha value is -3.01. The molecule has 1 N–H and O–H groups in total. The van der Waals surface area contributed by atoms with Crippen molar-refractivity contribution in [2.75, 3.05) is 12.5 Å². The van der Waals surface area contributed by atoms with Gasteiger partial charge in [0.05, 0.1) is 4.90 Å². The highest BCUT2D eigenvalue weighted by Crippen LogP contribution is 2.15. The first-order valence-corrected chi connectivity index (χ1v) is 12.8. The molecule has 1 amide bonds. The number of carbonyl (C=O) groups excluding carboxylic acids is 1. The number of nitrogens with one attached hydrogen (secondary N) is 1. The van der Waals surface area contributed by atoms with E-state index in [2.05, 4.69) is 41.4 Å². The number of carbonyl (C=O) groups is 1. The molecule has 0 saturated heterocycles. The third kappa shape index (κ3) is 6.74. The van der Waals surface area contributed by atoms with Crippen LogP contribution in [0, 0.1) is 11.8 Å². The van der Waals surface area contributed by atoms with Crippen LogP contribution < -0.4 is 5.32 Å². The molecule has 158 valence electrons. The molecule has 0 atom stereocenters. The normalized spacial score (nSPS) is 10.8. The van der Waals surface area contributed by atoms with E-state index < -0.39 is 9.84 Å². The lowest BCUT2D eigenvalue weighted by Gasteiger charge is -2.07. The first-order chi connectivity index (χ1) is 14.8. The van der Waals surface area contributed by atoms with Crippen LogP contribution in [0.4, 0.5) is 0 Å². The summed E-state index contributed by atoms with van der Waals surface area (Å²) in [7, 11) is -3.23. The Morgan fingerprint density at radius 1 is 0.968 bits per heavy atom. The van der Waals surface area contributed by atoms with Gasteiger partial charge in [-0.3, -0.25) is 4.79 Å². The molecule has 0 radical (unpaired) electrons. The predicted molar refractivity (Wildman–Crippen MR) is 126 cm³/mol. The van der Waals surface area contributed by atoms with Crippen LogP contribution in [0.3, 0.4) is 0 Å². The zero-order valence-corrected chi connectivity index (χ0v) is 19.0. The average Bonchev–Trinajstić information content (AvgIpc) is 2.78. The van der Waals surface area contributed by atoms with E-state index in [1.807, 2.05) is 18.4 Å². The summed E-state index contributed by atoms with van der Waals surface area (Å²) in [4.78, 5) is 14.0. The quantitative estimate of drug-likeness (QED) is 0.449. The van der Waals surface area contributed by atoms with Crippen LogP contribution in [0.15, 0.2) is 82.6 Å². The van der Waals surface area contributed by atoms with Crippen LogP contribution in [0.5, 0.6) is 0 Å². The van der Waals surface area contributed by atoms with Gasteiger partial charge in [-0.25, -0.2) is 8.42 Å². The summed E-state index contributed by atoms with van der Waals surface area (Å²) in [6.07, 6.45) is 3.86. The molecule has 31 heavy (non-hydrogen) atoms. The summed E-state index contributed by atoms with van der Waals surface area (Å²) < 4.78 is 23.1. The van der Waals surface area contributed by atoms with Gasteiger partial charge in [-0.15, -0.1) is 11.8 Å². The van der Waals surface area contributed by atoms with Gasteiger partial charge in [0.15, 0.2) is 9.84 Å². The van der Waals surface area contributed by atoms with Gasteiger partial charge in [-0.1, -0.05) is 42.2 Å². The van der Waals surface area contributed by atoms with Gasteiger partial charge in [0.2, 0.25) is 0 Å². The van der Waals surface area contributed by atoms with Crippen molar-refractivity contribution in [1.29, 1.82) is 0 Å². The summed E-state index contributed by atoms with van der Waals surface area (Å²) in [6, 6.07) is 22.0. The fraction of sp³-hybridized carbons (Fsp3) is 0.160. The van der Waals surface area contributed by atoms with Crippen molar-refractivity contribution in [3.8, 4) is 11.8 Å². The van der Waals surface area contributed by atoms with E-state index in [4.69, 9.17) is 0 Å². The fourth-order valence-corrected chi connectivity index (χ4v) is 3.91. The summed E-state index contributed by atoms with van der Waals surface area (Å²) in [5.74, 6) is 6.07. The van der Waals surface area contributed by atoms with E-state index in [0.29, 0.717) is 18.5 Å². The van der Waals surface area contributed by atoms with Crippen LogP contribution in [-0.4, -0.2) is 26.8 Å². The summed E-state index contributed by atoms with van der Waals surface area (Å²) in [5.41, 5.74) is 3.29. The predicted octanol–water partition coefficient (Wildman–Crippen LogP) is 4.34. The third-order valence-electron chi connectivity index (χ3n) is 4.61.